The van der Waals surface area contributed by atoms with E-state index in [0.717, 1.165) is 47.5 Å². The predicted molar refractivity (Wildman–Crippen MR) is 193 cm³/mol. The van der Waals surface area contributed by atoms with E-state index in [1.165, 1.54) is 4.57 Å². The Hall–Kier alpha value is -4.84. The van der Waals surface area contributed by atoms with E-state index in [0.29, 0.717) is 43.9 Å². The number of H-pyrrole nitrogens is 1. The molecule has 11 N–H and O–H groups in total. The summed E-state index contributed by atoms with van der Waals surface area (Å²) in [5.74, 6) is 0.0299. The van der Waals surface area contributed by atoms with Gasteiger partial charge >= 0.3 is 7.82 Å². The highest BCUT2D eigenvalue weighted by Gasteiger charge is 2.53. The molecule has 1 amide bonds. The Labute approximate surface area is 296 Å². The van der Waals surface area contributed by atoms with Crippen LogP contribution in [-0.4, -0.2) is 73.4 Å². The van der Waals surface area contributed by atoms with Gasteiger partial charge in [-0.2, -0.15) is 9.55 Å². The van der Waals surface area contributed by atoms with Crippen LogP contribution in [0.4, 0.5) is 23.3 Å². The Balaban J connectivity index is 0.883. The Kier molecular flexibility index (Phi) is 10.0. The first-order valence-electron chi connectivity index (χ1n) is 17.2. The maximum Gasteiger partial charge on any atom is 0.472 e. The molecular formula is C33H42N10O8P+. The number of aryl methyl sites for hydroxylation is 1. The number of hydrogen-bond acceptors (Lipinski definition) is 13. The second-order valence-electron chi connectivity index (χ2n) is 13.0. The molecule has 0 saturated carbocycles. The average Bonchev–Trinajstić information content (AvgIpc) is 3.61. The van der Waals surface area contributed by atoms with Gasteiger partial charge in [-0.05, 0) is 43.2 Å². The van der Waals surface area contributed by atoms with Gasteiger partial charge in [-0.1, -0.05) is 12.8 Å². The van der Waals surface area contributed by atoms with Crippen LogP contribution in [-0.2, 0) is 29.7 Å². The fraction of sp³-hybridized carbons (Fsp3) is 0.424. The fourth-order valence-electron chi connectivity index (χ4n) is 6.80. The SMILES string of the molecule is Nc1ccc2cc3ccc(N)cc3[n+](CCCC(=O)NCCCCCCNc3nc4c(=O)[nH]c(N)nc4n3[C@@H]3O[C@@H]4COP(=O)(O)O[C@H]4[C@H]3O)c2c1. The maximum absolute atomic E-state index is 12.7. The normalized spacial score (nSPS) is 23.0. The van der Waals surface area contributed by atoms with Crippen molar-refractivity contribution >= 4 is 70.0 Å². The van der Waals surface area contributed by atoms with Gasteiger partial charge < -0.3 is 42.6 Å². The van der Waals surface area contributed by atoms with Gasteiger partial charge in [0.1, 0.15) is 24.9 Å². The number of rotatable bonds is 13. The first kappa shape index (κ1) is 35.6. The second kappa shape index (κ2) is 14.7. The van der Waals surface area contributed by atoms with Crippen molar-refractivity contribution in [2.45, 2.75) is 69.6 Å². The number of fused-ring (bicyclic) bond motifs is 4. The monoisotopic (exact) mass is 737 g/mol. The largest absolute Gasteiger partial charge is 0.472 e. The van der Waals surface area contributed by atoms with E-state index >= 15 is 0 Å². The van der Waals surface area contributed by atoms with Crippen LogP contribution in [0.15, 0.2) is 47.3 Å². The number of aliphatic hydroxyl groups is 1. The number of benzene rings is 2. The van der Waals surface area contributed by atoms with Crippen LogP contribution in [0.3, 0.4) is 0 Å². The standard InChI is InChI=1S/C33H41N10O8P/c34-20-9-7-18-14-19-8-10-21(35)16-23(19)42(22(18)15-20)13-5-6-25(44)37-11-3-1-2-4-12-38-33-39-26-29(40-32(36)41-30(26)46)43(33)31-27(45)28-24(50-31)17-49-52(47,48)51-28/h7-10,14-16,24,27-28,31,45H,1-6,11-13,17H2,(H9,34,35,36,37,38,39,40,41,44,46,47,48)/p+1/t24-,27-,28-,31-/m1/s1. The predicted octanol–water partition coefficient (Wildman–Crippen LogP) is 1.80. The number of ether oxygens (including phenoxy) is 1. The molecule has 1 unspecified atom stereocenters. The van der Waals surface area contributed by atoms with Crippen molar-refractivity contribution in [2.24, 2.45) is 0 Å². The number of carbonyl (C=O) groups excluding carboxylic acids is 1. The Morgan fingerprint density at radius 2 is 1.69 bits per heavy atom. The zero-order chi connectivity index (χ0) is 36.6. The van der Waals surface area contributed by atoms with Crippen molar-refractivity contribution in [3.63, 3.8) is 0 Å². The van der Waals surface area contributed by atoms with E-state index < -0.39 is 37.9 Å². The number of phosphoric ester groups is 1. The molecule has 0 spiro atoms. The number of aromatic nitrogens is 5. The van der Waals surface area contributed by atoms with Crippen molar-refractivity contribution in [3.05, 3.63) is 52.8 Å². The molecule has 7 rings (SSSR count). The summed E-state index contributed by atoms with van der Waals surface area (Å²) in [6, 6.07) is 13.8. The van der Waals surface area contributed by atoms with E-state index in [-0.39, 0.29) is 35.6 Å². The van der Waals surface area contributed by atoms with Crippen LogP contribution >= 0.6 is 7.82 Å². The van der Waals surface area contributed by atoms with E-state index in [1.54, 1.807) is 0 Å². The molecule has 2 aliphatic heterocycles. The summed E-state index contributed by atoms with van der Waals surface area (Å²) in [5.41, 5.74) is 20.8. The number of unbranched alkanes of at least 4 members (excludes halogenated alkanes) is 3. The van der Waals surface area contributed by atoms with E-state index in [1.807, 2.05) is 36.4 Å². The molecule has 5 atom stereocenters. The molecule has 0 bridgehead atoms. The molecule has 2 saturated heterocycles. The number of aromatic amines is 1. The number of amides is 1. The summed E-state index contributed by atoms with van der Waals surface area (Å²) in [7, 11) is -4.35. The third-order valence-corrected chi connectivity index (χ3v) is 10.3. The lowest BCUT2D eigenvalue weighted by molar-refractivity contribution is -0.645. The number of nitrogen functional groups attached to an aromatic ring is 3. The van der Waals surface area contributed by atoms with Crippen LogP contribution < -0.4 is 38.0 Å². The quantitative estimate of drug-likeness (QED) is 0.0282. The van der Waals surface area contributed by atoms with Crippen LogP contribution in [0.1, 0.15) is 44.8 Å². The maximum atomic E-state index is 12.7. The number of hydrogen-bond donors (Lipinski definition) is 8. The lowest BCUT2D eigenvalue weighted by Crippen LogP contribution is -2.39. The smallest absolute Gasteiger partial charge is 0.399 e. The summed E-state index contributed by atoms with van der Waals surface area (Å²) in [5, 5.41) is 19.4. The van der Waals surface area contributed by atoms with Crippen LogP contribution in [0.25, 0.3) is 33.0 Å². The van der Waals surface area contributed by atoms with Gasteiger partial charge in [0.25, 0.3) is 5.56 Å². The lowest BCUT2D eigenvalue weighted by Gasteiger charge is -2.27. The summed E-state index contributed by atoms with van der Waals surface area (Å²) < 4.78 is 31.4. The minimum absolute atomic E-state index is 0.0103. The molecule has 2 aliphatic rings. The number of nitrogens with two attached hydrogens (primary N) is 3. The van der Waals surface area contributed by atoms with Gasteiger partial charge in [-0.3, -0.25) is 28.2 Å². The summed E-state index contributed by atoms with van der Waals surface area (Å²) in [6.07, 6.45) is -0.298. The number of pyridine rings is 1. The number of phosphoric acid groups is 1. The second-order valence-corrected chi connectivity index (χ2v) is 14.5. The van der Waals surface area contributed by atoms with Gasteiger partial charge in [0.2, 0.25) is 28.8 Å². The number of anilines is 4. The highest BCUT2D eigenvalue weighted by molar-refractivity contribution is 7.47. The highest BCUT2D eigenvalue weighted by atomic mass is 31.2. The molecule has 0 radical (unpaired) electrons. The van der Waals surface area contributed by atoms with E-state index in [9.17, 15) is 24.2 Å². The topological polar surface area (TPSA) is 272 Å². The lowest BCUT2D eigenvalue weighted by atomic mass is 10.1. The number of nitrogens with one attached hydrogen (secondary N) is 3. The Bertz CT molecular complexity index is 2190. The molecule has 19 heteroatoms. The molecule has 5 heterocycles. The first-order chi connectivity index (χ1) is 25.0. The van der Waals surface area contributed by atoms with Gasteiger partial charge in [0, 0.05) is 60.2 Å². The van der Waals surface area contributed by atoms with Crippen molar-refractivity contribution in [2.75, 3.05) is 42.2 Å². The zero-order valence-corrected chi connectivity index (χ0v) is 29.1. The molecule has 52 heavy (non-hydrogen) atoms. The molecule has 5 aromatic rings. The van der Waals surface area contributed by atoms with Crippen LogP contribution in [0, 0.1) is 0 Å². The van der Waals surface area contributed by atoms with Gasteiger partial charge in [-0.25, -0.2) is 9.55 Å². The van der Waals surface area contributed by atoms with Gasteiger partial charge in [-0.15, -0.1) is 0 Å². The third-order valence-electron chi connectivity index (χ3n) is 9.29. The molecule has 18 nitrogen and oxygen atoms in total. The van der Waals surface area contributed by atoms with Crippen molar-refractivity contribution < 1.29 is 37.7 Å². The van der Waals surface area contributed by atoms with E-state index in [2.05, 4.69) is 36.2 Å². The van der Waals surface area contributed by atoms with Gasteiger partial charge in [0.15, 0.2) is 17.4 Å². The molecular weight excluding hydrogens is 695 g/mol. The summed E-state index contributed by atoms with van der Waals surface area (Å²) in [4.78, 5) is 46.1. The van der Waals surface area contributed by atoms with Crippen molar-refractivity contribution in [1.29, 1.82) is 0 Å². The Morgan fingerprint density at radius 1 is 1.00 bits per heavy atom. The van der Waals surface area contributed by atoms with E-state index in [4.69, 9.17) is 31.0 Å². The fourth-order valence-corrected chi connectivity index (χ4v) is 7.77. The summed E-state index contributed by atoms with van der Waals surface area (Å²) >= 11 is 0. The van der Waals surface area contributed by atoms with Crippen molar-refractivity contribution in [1.82, 2.24) is 24.8 Å². The number of aliphatic hydroxyl groups excluding tert-OH is 1. The molecule has 0 aliphatic carbocycles. The Morgan fingerprint density at radius 3 is 2.40 bits per heavy atom. The average molecular weight is 738 g/mol. The number of imidazole rings is 1. The number of carbonyl (C=O) groups is 1. The van der Waals surface area contributed by atoms with Crippen molar-refractivity contribution in [3.8, 4) is 0 Å². The first-order valence-corrected chi connectivity index (χ1v) is 18.7. The third kappa shape index (κ3) is 7.39. The molecule has 2 aromatic carbocycles. The van der Waals surface area contributed by atoms with Crippen LogP contribution in [0.5, 0.6) is 0 Å². The van der Waals surface area contributed by atoms with Gasteiger partial charge in [0.05, 0.1) is 6.61 Å². The summed E-state index contributed by atoms with van der Waals surface area (Å²) in [6.45, 7) is 1.38. The zero-order valence-electron chi connectivity index (χ0n) is 28.2. The molecule has 276 valence electrons. The van der Waals surface area contributed by atoms with Crippen LogP contribution in [0.2, 0.25) is 0 Å². The number of nitrogens with zero attached hydrogens (tertiary/aromatic N) is 4. The highest BCUT2D eigenvalue weighted by Crippen LogP contribution is 2.52. The molecule has 3 aromatic heterocycles. The minimum Gasteiger partial charge on any atom is -0.399 e. The minimum atomic E-state index is -4.35. The molecule has 2 fully saturated rings.